The lowest BCUT2D eigenvalue weighted by atomic mass is 10.0. The van der Waals surface area contributed by atoms with E-state index in [4.69, 9.17) is 14.1 Å². The molecule has 0 radical (unpaired) electrons. The van der Waals surface area contributed by atoms with E-state index < -0.39 is 0 Å². The summed E-state index contributed by atoms with van der Waals surface area (Å²) in [6, 6.07) is 3.24. The van der Waals surface area contributed by atoms with Crippen molar-refractivity contribution in [2.24, 2.45) is 0 Å². The molecule has 0 bridgehead atoms. The van der Waals surface area contributed by atoms with Gasteiger partial charge in [0, 0.05) is 74.9 Å². The largest absolute Gasteiger partial charge is 0.421 e. The molecule has 4 aromatic heterocycles. The molecule has 0 atom stereocenters. The van der Waals surface area contributed by atoms with Gasteiger partial charge in [0.2, 0.25) is 11.8 Å². The first kappa shape index (κ1) is 28.3. The van der Waals surface area contributed by atoms with Gasteiger partial charge in [0.15, 0.2) is 0 Å². The molecule has 14 heteroatoms. The summed E-state index contributed by atoms with van der Waals surface area (Å²) in [7, 11) is 0. The maximum Gasteiger partial charge on any atom is 0.320 e. The lowest BCUT2D eigenvalue weighted by Crippen LogP contribution is -2.41. The number of amides is 3. The second-order valence-corrected chi connectivity index (χ2v) is 10.3. The smallest absolute Gasteiger partial charge is 0.320 e. The van der Waals surface area contributed by atoms with Gasteiger partial charge in [-0.05, 0) is 26.0 Å². The quantitative estimate of drug-likeness (QED) is 0.270. The van der Waals surface area contributed by atoms with Gasteiger partial charge in [0.1, 0.15) is 15.7 Å². The number of aryl methyl sites for hydroxylation is 2. The molecule has 5 heterocycles. The van der Waals surface area contributed by atoms with Crippen molar-refractivity contribution in [3.8, 4) is 33.2 Å². The predicted molar refractivity (Wildman–Crippen MR) is 154 cm³/mol. The molecule has 41 heavy (non-hydrogen) atoms. The number of morpholine rings is 1. The van der Waals surface area contributed by atoms with Crippen molar-refractivity contribution >= 4 is 29.1 Å². The maximum absolute atomic E-state index is 13.1. The van der Waals surface area contributed by atoms with Crippen LogP contribution >= 0.6 is 11.3 Å². The summed E-state index contributed by atoms with van der Waals surface area (Å²) in [5, 5.41) is 17.1. The molecule has 0 aliphatic carbocycles. The second-order valence-electron chi connectivity index (χ2n) is 9.33. The Morgan fingerprint density at radius 2 is 1.83 bits per heavy atom. The number of hydrogen-bond donors (Lipinski definition) is 3. The number of nitrogens with zero attached hydrogens (tertiary/aromatic N) is 6. The molecular weight excluding hydrogens is 546 g/mol. The van der Waals surface area contributed by atoms with Crippen LogP contribution in [0.4, 0.5) is 10.6 Å². The van der Waals surface area contributed by atoms with Gasteiger partial charge in [-0.25, -0.2) is 14.8 Å². The molecule has 4 aromatic rings. The lowest BCUT2D eigenvalue weighted by molar-refractivity contribution is 0.0383. The Morgan fingerprint density at radius 3 is 2.59 bits per heavy atom. The highest BCUT2D eigenvalue weighted by Crippen LogP contribution is 2.37. The summed E-state index contributed by atoms with van der Waals surface area (Å²) >= 11 is 1.28. The minimum atomic E-state index is -0.371. The van der Waals surface area contributed by atoms with Crippen LogP contribution in [0.1, 0.15) is 28.2 Å². The third-order valence-corrected chi connectivity index (χ3v) is 7.55. The summed E-state index contributed by atoms with van der Waals surface area (Å²) in [6.07, 6.45) is 4.99. The molecule has 0 saturated carbocycles. The number of nitrogens with one attached hydrogen (secondary N) is 3. The fourth-order valence-corrected chi connectivity index (χ4v) is 5.34. The number of pyridine rings is 2. The summed E-state index contributed by atoms with van der Waals surface area (Å²) in [5.74, 6) is 0.964. The van der Waals surface area contributed by atoms with Crippen molar-refractivity contribution < 1.29 is 18.7 Å². The van der Waals surface area contributed by atoms with Crippen molar-refractivity contribution in [1.82, 2.24) is 40.7 Å². The Balaban J connectivity index is 1.45. The van der Waals surface area contributed by atoms with Gasteiger partial charge < -0.3 is 19.8 Å². The average molecular weight is 578 g/mol. The highest BCUT2D eigenvalue weighted by Gasteiger charge is 2.21. The maximum atomic E-state index is 13.1. The Morgan fingerprint density at radius 1 is 1.02 bits per heavy atom. The first-order chi connectivity index (χ1) is 19.9. The Hall–Kier alpha value is -4.27. The molecule has 13 nitrogen and oxygen atoms in total. The summed E-state index contributed by atoms with van der Waals surface area (Å²) in [6.45, 7) is 10.3. The fourth-order valence-electron chi connectivity index (χ4n) is 4.32. The number of thiazole rings is 1. The third-order valence-electron chi connectivity index (χ3n) is 6.36. The summed E-state index contributed by atoms with van der Waals surface area (Å²) in [4.78, 5) is 41.7. The highest BCUT2D eigenvalue weighted by atomic mass is 32.1. The topological polar surface area (TPSA) is 160 Å². The van der Waals surface area contributed by atoms with Gasteiger partial charge >= 0.3 is 6.03 Å². The first-order valence-electron chi connectivity index (χ1n) is 13.3. The van der Waals surface area contributed by atoms with Crippen LogP contribution < -0.4 is 16.0 Å². The van der Waals surface area contributed by atoms with Gasteiger partial charge in [0.05, 0.1) is 24.5 Å². The molecule has 3 N–H and O–H groups in total. The van der Waals surface area contributed by atoms with Gasteiger partial charge in [-0.1, -0.05) is 0 Å². The molecule has 1 aliphatic heterocycles. The van der Waals surface area contributed by atoms with Crippen molar-refractivity contribution in [1.29, 1.82) is 0 Å². The van der Waals surface area contributed by atoms with E-state index in [1.165, 1.54) is 11.3 Å². The third kappa shape index (κ3) is 6.90. The second kappa shape index (κ2) is 12.9. The molecule has 0 aromatic carbocycles. The van der Waals surface area contributed by atoms with Crippen LogP contribution in [0.3, 0.4) is 0 Å². The minimum Gasteiger partial charge on any atom is -0.421 e. The number of anilines is 1. The highest BCUT2D eigenvalue weighted by molar-refractivity contribution is 7.17. The number of urea groups is 1. The minimum absolute atomic E-state index is 0.175. The lowest BCUT2D eigenvalue weighted by Gasteiger charge is -2.26. The van der Waals surface area contributed by atoms with E-state index in [1.807, 2.05) is 19.9 Å². The normalized spacial score (nSPS) is 13.6. The van der Waals surface area contributed by atoms with E-state index in [2.05, 4.69) is 41.0 Å². The Labute approximate surface area is 240 Å². The Kier molecular flexibility index (Phi) is 8.91. The average Bonchev–Trinajstić information content (AvgIpc) is 3.59. The van der Waals surface area contributed by atoms with Crippen LogP contribution in [0.15, 0.2) is 35.1 Å². The number of hydrogen-bond acceptors (Lipinski definition) is 11. The zero-order chi connectivity index (χ0) is 28.8. The number of carbonyl (C=O) groups excluding carboxylic acids is 2. The van der Waals surface area contributed by atoms with Crippen LogP contribution in [0.5, 0.6) is 0 Å². The molecule has 5 rings (SSSR count). The molecule has 1 aliphatic rings. The van der Waals surface area contributed by atoms with Crippen molar-refractivity contribution in [2.45, 2.75) is 20.8 Å². The number of carbonyl (C=O) groups is 2. The van der Waals surface area contributed by atoms with E-state index in [0.717, 1.165) is 25.2 Å². The van der Waals surface area contributed by atoms with Gasteiger partial charge in [-0.15, -0.1) is 21.5 Å². The van der Waals surface area contributed by atoms with Crippen LogP contribution in [-0.4, -0.2) is 87.9 Å². The van der Waals surface area contributed by atoms with Crippen molar-refractivity contribution in [3.63, 3.8) is 0 Å². The van der Waals surface area contributed by atoms with Crippen molar-refractivity contribution in [2.75, 3.05) is 51.3 Å². The van der Waals surface area contributed by atoms with Gasteiger partial charge in [-0.2, -0.15) is 0 Å². The Bertz CT molecular complexity index is 1530. The van der Waals surface area contributed by atoms with Crippen LogP contribution in [-0.2, 0) is 4.74 Å². The van der Waals surface area contributed by atoms with E-state index in [-0.39, 0.29) is 11.9 Å². The van der Waals surface area contributed by atoms with Crippen molar-refractivity contribution in [3.05, 3.63) is 47.2 Å². The SMILES string of the molecule is CCNC(=O)Nc1cc(-c2nc(C)c(C(=O)NCCN3CCOCC3)s2)c(-c2cncc(-c3nnc(C)o3)c2)cn1. The predicted octanol–water partition coefficient (Wildman–Crippen LogP) is 3.14. The fraction of sp³-hybridized carbons (Fsp3) is 0.370. The monoisotopic (exact) mass is 577 g/mol. The van der Waals surface area contributed by atoms with Crippen LogP contribution in [0.2, 0.25) is 0 Å². The number of aromatic nitrogens is 5. The van der Waals surface area contributed by atoms with E-state index in [1.54, 1.807) is 31.6 Å². The molecular formula is C27H31N9O4S. The molecule has 1 fully saturated rings. The van der Waals surface area contributed by atoms with E-state index in [0.29, 0.717) is 76.2 Å². The van der Waals surface area contributed by atoms with Crippen LogP contribution in [0.25, 0.3) is 33.2 Å². The van der Waals surface area contributed by atoms with Gasteiger partial charge in [-0.3, -0.25) is 20.0 Å². The molecule has 1 saturated heterocycles. The molecule has 214 valence electrons. The summed E-state index contributed by atoms with van der Waals surface area (Å²) < 4.78 is 11.0. The zero-order valence-electron chi connectivity index (χ0n) is 23.1. The number of ether oxygens (including phenoxy) is 1. The first-order valence-corrected chi connectivity index (χ1v) is 14.1. The van der Waals surface area contributed by atoms with Crippen LogP contribution in [0, 0.1) is 13.8 Å². The summed E-state index contributed by atoms with van der Waals surface area (Å²) in [5.41, 5.74) is 3.39. The van der Waals surface area contributed by atoms with Gasteiger partial charge in [0.25, 0.3) is 5.91 Å². The molecule has 0 unspecified atom stereocenters. The molecule has 0 spiro atoms. The standard InChI is InChI=1S/C27H31N9O4S/c1-4-29-27(38)33-22-12-20(21(15-31-22)18-11-19(14-28-13-18)25-35-34-17(3)40-25)26-32-16(2)23(41-26)24(37)30-5-6-36-7-9-39-10-8-36/h11-15H,4-10H2,1-3H3,(H,30,37)(H2,29,31,33,38). The van der Waals surface area contributed by atoms with E-state index in [9.17, 15) is 9.59 Å². The van der Waals surface area contributed by atoms with E-state index >= 15 is 0 Å². The zero-order valence-corrected chi connectivity index (χ0v) is 23.9. The molecule has 3 amide bonds. The number of rotatable bonds is 9.